The van der Waals surface area contributed by atoms with E-state index < -0.39 is 0 Å². The zero-order valence-corrected chi connectivity index (χ0v) is 11.4. The molecular formula is C14H19ClN2O. The normalized spacial score (nSPS) is 15.2. The van der Waals surface area contributed by atoms with Crippen molar-refractivity contribution in [2.45, 2.75) is 26.2 Å². The predicted octanol–water partition coefficient (Wildman–Crippen LogP) is 3.18. The molecule has 1 aliphatic carbocycles. The minimum Gasteiger partial charge on any atom is -0.398 e. The van der Waals surface area contributed by atoms with Crippen LogP contribution in [0, 0.1) is 5.92 Å². The third-order valence-electron chi connectivity index (χ3n) is 3.62. The number of nitrogens with zero attached hydrogens (tertiary/aromatic N) is 1. The molecule has 18 heavy (non-hydrogen) atoms. The highest BCUT2D eigenvalue weighted by molar-refractivity contribution is 6.31. The summed E-state index contributed by atoms with van der Waals surface area (Å²) in [4.78, 5) is 14.3. The van der Waals surface area contributed by atoms with Gasteiger partial charge in [0.2, 0.25) is 0 Å². The molecule has 98 valence electrons. The van der Waals surface area contributed by atoms with Crippen molar-refractivity contribution in [3.63, 3.8) is 0 Å². The molecule has 0 aliphatic heterocycles. The summed E-state index contributed by atoms with van der Waals surface area (Å²) < 4.78 is 0. The molecule has 4 heteroatoms. The quantitative estimate of drug-likeness (QED) is 0.851. The summed E-state index contributed by atoms with van der Waals surface area (Å²) in [6.45, 7) is 3.57. The van der Waals surface area contributed by atoms with Gasteiger partial charge in [-0.3, -0.25) is 4.79 Å². The summed E-state index contributed by atoms with van der Waals surface area (Å²) >= 11 is 5.85. The number of halogens is 1. The van der Waals surface area contributed by atoms with Crippen LogP contribution in [0.4, 0.5) is 5.69 Å². The number of carbonyl (C=O) groups excluding carboxylic acids is 1. The van der Waals surface area contributed by atoms with Crippen molar-refractivity contribution in [3.8, 4) is 0 Å². The number of nitrogen functional groups attached to an aromatic ring is 1. The highest BCUT2D eigenvalue weighted by Gasteiger charge is 2.24. The van der Waals surface area contributed by atoms with E-state index in [1.54, 1.807) is 18.2 Å². The Kier molecular flexibility index (Phi) is 4.12. The number of anilines is 1. The van der Waals surface area contributed by atoms with Gasteiger partial charge in [-0.2, -0.15) is 0 Å². The number of nitrogens with two attached hydrogens (primary N) is 1. The monoisotopic (exact) mass is 266 g/mol. The second-order valence-electron chi connectivity index (χ2n) is 4.87. The van der Waals surface area contributed by atoms with Gasteiger partial charge in [0, 0.05) is 23.8 Å². The summed E-state index contributed by atoms with van der Waals surface area (Å²) in [5, 5.41) is 0.561. The number of hydrogen-bond acceptors (Lipinski definition) is 2. The molecule has 0 bridgehead atoms. The highest BCUT2D eigenvalue weighted by Crippen LogP contribution is 2.28. The zero-order chi connectivity index (χ0) is 13.1. The van der Waals surface area contributed by atoms with Crippen LogP contribution in [-0.2, 0) is 0 Å². The van der Waals surface area contributed by atoms with E-state index in [2.05, 4.69) is 0 Å². The van der Waals surface area contributed by atoms with Crippen LogP contribution < -0.4 is 5.73 Å². The lowest BCUT2D eigenvalue weighted by molar-refractivity contribution is 0.0707. The van der Waals surface area contributed by atoms with Gasteiger partial charge < -0.3 is 10.6 Å². The van der Waals surface area contributed by atoms with Gasteiger partial charge >= 0.3 is 0 Å². The maximum Gasteiger partial charge on any atom is 0.255 e. The molecule has 1 amide bonds. The maximum atomic E-state index is 12.4. The second kappa shape index (κ2) is 5.61. The highest BCUT2D eigenvalue weighted by atomic mass is 35.5. The van der Waals surface area contributed by atoms with Crippen LogP contribution >= 0.6 is 11.6 Å². The molecule has 1 fully saturated rings. The number of hydrogen-bond donors (Lipinski definition) is 1. The Morgan fingerprint density at radius 3 is 2.72 bits per heavy atom. The fourth-order valence-electron chi connectivity index (χ4n) is 2.24. The fraction of sp³-hybridized carbons (Fsp3) is 0.500. The van der Waals surface area contributed by atoms with Gasteiger partial charge in [-0.25, -0.2) is 0 Å². The van der Waals surface area contributed by atoms with Gasteiger partial charge in [0.15, 0.2) is 0 Å². The third kappa shape index (κ3) is 2.78. The van der Waals surface area contributed by atoms with E-state index in [1.807, 2.05) is 11.8 Å². The molecule has 1 aromatic carbocycles. The molecule has 1 aromatic rings. The standard InChI is InChI=1S/C14H19ClN2O/c1-2-17(9-10-4-3-5-10)14(18)12-7-6-11(15)8-13(12)16/h6-8,10H,2-5,9,16H2,1H3. The Morgan fingerprint density at radius 2 is 2.22 bits per heavy atom. The summed E-state index contributed by atoms with van der Waals surface area (Å²) in [6, 6.07) is 5.05. The summed E-state index contributed by atoms with van der Waals surface area (Å²) in [5.41, 5.74) is 6.87. The first-order valence-electron chi connectivity index (χ1n) is 6.46. The molecule has 0 unspecified atom stereocenters. The minimum atomic E-state index is 0.0126. The molecule has 0 aromatic heterocycles. The van der Waals surface area contributed by atoms with Crippen LogP contribution in [0.5, 0.6) is 0 Å². The molecular weight excluding hydrogens is 248 g/mol. The molecule has 0 radical (unpaired) electrons. The summed E-state index contributed by atoms with van der Waals surface area (Å²) in [5.74, 6) is 0.681. The average Bonchev–Trinajstić information content (AvgIpc) is 2.27. The molecule has 0 heterocycles. The minimum absolute atomic E-state index is 0.0126. The van der Waals surface area contributed by atoms with E-state index in [1.165, 1.54) is 19.3 Å². The van der Waals surface area contributed by atoms with Crippen LogP contribution in [-0.4, -0.2) is 23.9 Å². The lowest BCUT2D eigenvalue weighted by Gasteiger charge is -2.32. The third-order valence-corrected chi connectivity index (χ3v) is 3.85. The van der Waals surface area contributed by atoms with E-state index in [0.717, 1.165) is 13.1 Å². The lowest BCUT2D eigenvalue weighted by atomic mass is 9.85. The maximum absolute atomic E-state index is 12.4. The van der Waals surface area contributed by atoms with Crippen LogP contribution in [0.25, 0.3) is 0 Å². The van der Waals surface area contributed by atoms with Crippen molar-refractivity contribution >= 4 is 23.2 Å². The Bertz CT molecular complexity index is 443. The van der Waals surface area contributed by atoms with Crippen molar-refractivity contribution in [1.82, 2.24) is 4.90 Å². The van der Waals surface area contributed by atoms with E-state index in [-0.39, 0.29) is 5.91 Å². The van der Waals surface area contributed by atoms with Gasteiger partial charge in [0.25, 0.3) is 5.91 Å². The summed E-state index contributed by atoms with van der Waals surface area (Å²) in [6.07, 6.45) is 3.76. The predicted molar refractivity (Wildman–Crippen MR) is 74.8 cm³/mol. The lowest BCUT2D eigenvalue weighted by Crippen LogP contribution is -2.37. The van der Waals surface area contributed by atoms with E-state index in [9.17, 15) is 4.79 Å². The van der Waals surface area contributed by atoms with E-state index in [0.29, 0.717) is 22.2 Å². The second-order valence-corrected chi connectivity index (χ2v) is 5.31. The van der Waals surface area contributed by atoms with Gasteiger partial charge in [-0.1, -0.05) is 18.0 Å². The zero-order valence-electron chi connectivity index (χ0n) is 10.7. The Labute approximate surface area is 113 Å². The number of amides is 1. The van der Waals surface area contributed by atoms with Crippen molar-refractivity contribution in [1.29, 1.82) is 0 Å². The smallest absolute Gasteiger partial charge is 0.255 e. The van der Waals surface area contributed by atoms with Crippen LogP contribution in [0.2, 0.25) is 5.02 Å². The molecule has 3 nitrogen and oxygen atoms in total. The molecule has 0 spiro atoms. The fourth-order valence-corrected chi connectivity index (χ4v) is 2.42. The molecule has 1 saturated carbocycles. The van der Waals surface area contributed by atoms with Crippen molar-refractivity contribution in [2.24, 2.45) is 5.92 Å². The van der Waals surface area contributed by atoms with Gasteiger partial charge in [-0.15, -0.1) is 0 Å². The first-order valence-corrected chi connectivity index (χ1v) is 6.84. The van der Waals surface area contributed by atoms with Crippen LogP contribution in [0.3, 0.4) is 0 Å². The molecule has 1 aliphatic rings. The van der Waals surface area contributed by atoms with Gasteiger partial charge in [0.1, 0.15) is 0 Å². The van der Waals surface area contributed by atoms with Crippen molar-refractivity contribution < 1.29 is 4.79 Å². The number of carbonyl (C=O) groups is 1. The topological polar surface area (TPSA) is 46.3 Å². The molecule has 0 atom stereocenters. The largest absolute Gasteiger partial charge is 0.398 e. The summed E-state index contributed by atoms with van der Waals surface area (Å²) in [7, 11) is 0. The average molecular weight is 267 g/mol. The first kappa shape index (κ1) is 13.2. The Hall–Kier alpha value is -1.22. The molecule has 2 N–H and O–H groups in total. The SMILES string of the molecule is CCN(CC1CCC1)C(=O)c1ccc(Cl)cc1N. The number of rotatable bonds is 4. The Morgan fingerprint density at radius 1 is 1.50 bits per heavy atom. The van der Waals surface area contributed by atoms with E-state index >= 15 is 0 Å². The molecule has 0 saturated heterocycles. The molecule has 2 rings (SSSR count). The Balaban J connectivity index is 2.11. The van der Waals surface area contributed by atoms with Gasteiger partial charge in [0.05, 0.1) is 5.56 Å². The number of benzene rings is 1. The van der Waals surface area contributed by atoms with Crippen LogP contribution in [0.1, 0.15) is 36.5 Å². The van der Waals surface area contributed by atoms with Gasteiger partial charge in [-0.05, 0) is 43.9 Å². The van der Waals surface area contributed by atoms with Crippen LogP contribution in [0.15, 0.2) is 18.2 Å². The van der Waals surface area contributed by atoms with E-state index in [4.69, 9.17) is 17.3 Å². The van der Waals surface area contributed by atoms with Crippen molar-refractivity contribution in [3.05, 3.63) is 28.8 Å². The first-order chi connectivity index (χ1) is 8.61. The van der Waals surface area contributed by atoms with Crippen molar-refractivity contribution in [2.75, 3.05) is 18.8 Å².